The molecule has 3 heterocycles. The van der Waals surface area contributed by atoms with Crippen LogP contribution in [0.5, 0.6) is 0 Å². The summed E-state index contributed by atoms with van der Waals surface area (Å²) in [5, 5.41) is 0. The molecule has 0 N–H and O–H groups in total. The van der Waals surface area contributed by atoms with E-state index in [1.54, 1.807) is 0 Å². The first kappa shape index (κ1) is 10.2. The topological polar surface area (TPSA) is 25.4 Å². The number of rotatable bonds is 2. The number of hydrogen-bond donors (Lipinski definition) is 0. The van der Waals surface area contributed by atoms with E-state index < -0.39 is 0 Å². The van der Waals surface area contributed by atoms with Crippen LogP contribution < -0.4 is 0 Å². The fourth-order valence-electron chi connectivity index (χ4n) is 2.84. The number of hydrogen-bond acceptors (Lipinski definition) is 3. The molecule has 3 heteroatoms. The maximum absolute atomic E-state index is 5.46. The van der Waals surface area contributed by atoms with Crippen LogP contribution in [0.4, 0.5) is 0 Å². The minimum absolute atomic E-state index is 0.673. The van der Waals surface area contributed by atoms with E-state index in [0.29, 0.717) is 12.0 Å². The Morgan fingerprint density at radius 2 is 2.12 bits per heavy atom. The van der Waals surface area contributed by atoms with Gasteiger partial charge in [-0.3, -0.25) is 9.88 Å². The second-order valence-corrected chi connectivity index (χ2v) is 4.78. The van der Waals surface area contributed by atoms with Crippen LogP contribution in [0.25, 0.3) is 0 Å². The molecule has 3 rings (SSSR count). The van der Waals surface area contributed by atoms with Crippen LogP contribution in [-0.4, -0.2) is 42.2 Å². The van der Waals surface area contributed by atoms with Crippen LogP contribution in [-0.2, 0) is 4.74 Å². The standard InChI is InChI=1S/C13H18N2O/c1-5-14-6-2-11(1)12-3-7-15(9-12)13-4-8-16-10-13/h1-2,5-6,12-13H,3-4,7-10H2/t12-,13-/m0/s1. The molecule has 2 atom stereocenters. The third-order valence-electron chi connectivity index (χ3n) is 3.82. The quantitative estimate of drug-likeness (QED) is 0.755. The summed E-state index contributed by atoms with van der Waals surface area (Å²) in [5.41, 5.74) is 1.44. The molecule has 0 unspecified atom stereocenters. The second kappa shape index (κ2) is 4.52. The smallest absolute Gasteiger partial charge is 0.0622 e. The number of ether oxygens (including phenoxy) is 1. The molecule has 0 aliphatic carbocycles. The van der Waals surface area contributed by atoms with Crippen molar-refractivity contribution in [2.75, 3.05) is 26.3 Å². The first-order valence-electron chi connectivity index (χ1n) is 6.15. The molecule has 0 bridgehead atoms. The summed E-state index contributed by atoms with van der Waals surface area (Å²) in [7, 11) is 0. The maximum Gasteiger partial charge on any atom is 0.0622 e. The molecule has 0 amide bonds. The second-order valence-electron chi connectivity index (χ2n) is 4.78. The zero-order valence-corrected chi connectivity index (χ0v) is 9.51. The zero-order chi connectivity index (χ0) is 10.8. The highest BCUT2D eigenvalue weighted by molar-refractivity contribution is 5.17. The van der Waals surface area contributed by atoms with Gasteiger partial charge in [-0.15, -0.1) is 0 Å². The average molecular weight is 218 g/mol. The molecule has 86 valence electrons. The van der Waals surface area contributed by atoms with Gasteiger partial charge in [-0.25, -0.2) is 0 Å². The van der Waals surface area contributed by atoms with Crippen molar-refractivity contribution in [2.45, 2.75) is 24.8 Å². The summed E-state index contributed by atoms with van der Waals surface area (Å²) < 4.78 is 5.46. The van der Waals surface area contributed by atoms with E-state index in [-0.39, 0.29) is 0 Å². The van der Waals surface area contributed by atoms with E-state index in [2.05, 4.69) is 22.0 Å². The van der Waals surface area contributed by atoms with Gasteiger partial charge in [0.25, 0.3) is 0 Å². The largest absolute Gasteiger partial charge is 0.380 e. The highest BCUT2D eigenvalue weighted by Gasteiger charge is 2.30. The predicted molar refractivity (Wildman–Crippen MR) is 62.4 cm³/mol. The van der Waals surface area contributed by atoms with E-state index in [0.717, 1.165) is 13.2 Å². The lowest BCUT2D eigenvalue weighted by atomic mass is 10.00. The van der Waals surface area contributed by atoms with Gasteiger partial charge in [0.05, 0.1) is 6.61 Å². The van der Waals surface area contributed by atoms with Crippen molar-refractivity contribution < 1.29 is 4.74 Å². The lowest BCUT2D eigenvalue weighted by Crippen LogP contribution is -2.33. The first-order valence-corrected chi connectivity index (χ1v) is 6.15. The summed E-state index contributed by atoms with van der Waals surface area (Å²) in [6, 6.07) is 4.98. The molecule has 1 aromatic rings. The first-order chi connectivity index (χ1) is 7.93. The molecule has 2 aliphatic heterocycles. The summed E-state index contributed by atoms with van der Waals surface area (Å²) >= 11 is 0. The highest BCUT2D eigenvalue weighted by Crippen LogP contribution is 2.29. The van der Waals surface area contributed by atoms with Crippen LogP contribution in [0, 0.1) is 0 Å². The fraction of sp³-hybridized carbons (Fsp3) is 0.615. The minimum atomic E-state index is 0.673. The molecule has 1 aromatic heterocycles. The number of likely N-dealkylation sites (tertiary alicyclic amines) is 1. The van der Waals surface area contributed by atoms with Crippen molar-refractivity contribution in [3.05, 3.63) is 30.1 Å². The molecule has 0 saturated carbocycles. The summed E-state index contributed by atoms with van der Waals surface area (Å²) in [6.07, 6.45) is 6.29. The monoisotopic (exact) mass is 218 g/mol. The van der Waals surface area contributed by atoms with Crippen molar-refractivity contribution in [2.24, 2.45) is 0 Å². The highest BCUT2D eigenvalue weighted by atomic mass is 16.5. The Hall–Kier alpha value is -0.930. The van der Waals surface area contributed by atoms with Crippen molar-refractivity contribution in [3.63, 3.8) is 0 Å². The molecular formula is C13H18N2O. The molecule has 2 saturated heterocycles. The van der Waals surface area contributed by atoms with E-state index in [4.69, 9.17) is 4.74 Å². The van der Waals surface area contributed by atoms with E-state index in [1.165, 1.54) is 31.5 Å². The van der Waals surface area contributed by atoms with Crippen molar-refractivity contribution in [3.8, 4) is 0 Å². The third-order valence-corrected chi connectivity index (χ3v) is 3.82. The van der Waals surface area contributed by atoms with E-state index in [9.17, 15) is 0 Å². The summed E-state index contributed by atoms with van der Waals surface area (Å²) in [6.45, 7) is 4.29. The molecule has 0 spiro atoms. The van der Waals surface area contributed by atoms with Crippen LogP contribution in [0.3, 0.4) is 0 Å². The van der Waals surface area contributed by atoms with Gasteiger partial charge in [-0.1, -0.05) is 0 Å². The zero-order valence-electron chi connectivity index (χ0n) is 9.51. The molecule has 3 nitrogen and oxygen atoms in total. The Morgan fingerprint density at radius 1 is 1.25 bits per heavy atom. The third kappa shape index (κ3) is 1.97. The Morgan fingerprint density at radius 3 is 2.88 bits per heavy atom. The minimum Gasteiger partial charge on any atom is -0.380 e. The maximum atomic E-state index is 5.46. The summed E-state index contributed by atoms with van der Waals surface area (Å²) in [4.78, 5) is 6.67. The van der Waals surface area contributed by atoms with Gasteiger partial charge in [-0.2, -0.15) is 0 Å². The summed E-state index contributed by atoms with van der Waals surface area (Å²) in [5.74, 6) is 0.698. The van der Waals surface area contributed by atoms with Crippen LogP contribution in [0.15, 0.2) is 24.5 Å². The SMILES string of the molecule is c1cc([C@H]2CCN([C@H]3CCOC3)C2)ccn1. The number of nitrogens with zero attached hydrogens (tertiary/aromatic N) is 2. The van der Waals surface area contributed by atoms with Crippen molar-refractivity contribution in [1.82, 2.24) is 9.88 Å². The van der Waals surface area contributed by atoms with E-state index >= 15 is 0 Å². The van der Waals surface area contributed by atoms with Crippen molar-refractivity contribution in [1.29, 1.82) is 0 Å². The van der Waals surface area contributed by atoms with Gasteiger partial charge >= 0.3 is 0 Å². The molecule has 0 radical (unpaired) electrons. The molecule has 16 heavy (non-hydrogen) atoms. The molecular weight excluding hydrogens is 200 g/mol. The van der Waals surface area contributed by atoms with Gasteiger partial charge in [-0.05, 0) is 43.0 Å². The number of aromatic nitrogens is 1. The Balaban J connectivity index is 1.64. The number of pyridine rings is 1. The Kier molecular flexibility index (Phi) is 2.89. The van der Waals surface area contributed by atoms with Gasteiger partial charge < -0.3 is 4.74 Å². The predicted octanol–water partition coefficient (Wildman–Crippen LogP) is 1.66. The van der Waals surface area contributed by atoms with Crippen molar-refractivity contribution >= 4 is 0 Å². The normalized spacial score (nSPS) is 31.0. The molecule has 2 fully saturated rings. The van der Waals surface area contributed by atoms with E-state index in [1.807, 2.05) is 12.4 Å². The van der Waals surface area contributed by atoms with Gasteiger partial charge in [0.2, 0.25) is 0 Å². The average Bonchev–Trinajstić information content (AvgIpc) is 3.01. The lowest BCUT2D eigenvalue weighted by Gasteiger charge is -2.22. The van der Waals surface area contributed by atoms with Gasteiger partial charge in [0.1, 0.15) is 0 Å². The van der Waals surface area contributed by atoms with Crippen LogP contribution in [0.2, 0.25) is 0 Å². The van der Waals surface area contributed by atoms with Crippen LogP contribution in [0.1, 0.15) is 24.3 Å². The lowest BCUT2D eigenvalue weighted by molar-refractivity contribution is 0.158. The Bertz CT molecular complexity index is 335. The van der Waals surface area contributed by atoms with Crippen LogP contribution >= 0.6 is 0 Å². The fourth-order valence-corrected chi connectivity index (χ4v) is 2.84. The molecule has 0 aromatic carbocycles. The van der Waals surface area contributed by atoms with Gasteiger partial charge in [0.15, 0.2) is 0 Å². The van der Waals surface area contributed by atoms with Gasteiger partial charge in [0, 0.05) is 31.6 Å². The molecule has 2 aliphatic rings. The Labute approximate surface area is 96.4 Å².